The third-order valence-corrected chi connectivity index (χ3v) is 3.20. The van der Waals surface area contributed by atoms with Gasteiger partial charge in [-0.15, -0.1) is 0 Å². The number of amides is 2. The van der Waals surface area contributed by atoms with E-state index >= 15 is 0 Å². The Labute approximate surface area is 138 Å². The number of para-hydroxylation sites is 1. The molecule has 2 aromatic carbocycles. The molecule has 7 heteroatoms. The first-order valence-corrected chi connectivity index (χ1v) is 7.07. The quantitative estimate of drug-likeness (QED) is 0.745. The lowest BCUT2D eigenvalue weighted by Crippen LogP contribution is -2.34. The average molecular weight is 329 g/mol. The second kappa shape index (κ2) is 7.37. The minimum Gasteiger partial charge on any atom is -0.497 e. The highest BCUT2D eigenvalue weighted by molar-refractivity contribution is 7.80. The first kappa shape index (κ1) is 16.4. The fourth-order valence-corrected chi connectivity index (χ4v) is 2.10. The second-order valence-electron chi connectivity index (χ2n) is 4.55. The van der Waals surface area contributed by atoms with E-state index in [4.69, 9.17) is 22.7 Å². The number of primary amides is 1. The van der Waals surface area contributed by atoms with Crippen molar-refractivity contribution in [2.45, 2.75) is 0 Å². The van der Waals surface area contributed by atoms with E-state index in [1.807, 2.05) is 0 Å². The van der Waals surface area contributed by atoms with Crippen LogP contribution in [0.3, 0.4) is 0 Å². The number of hydrogen-bond donors (Lipinski definition) is 3. The number of methoxy groups -OCH3 is 1. The highest BCUT2D eigenvalue weighted by Crippen LogP contribution is 2.15. The summed E-state index contributed by atoms with van der Waals surface area (Å²) in [7, 11) is 1.52. The molecule has 0 spiro atoms. The van der Waals surface area contributed by atoms with Gasteiger partial charge in [-0.25, -0.2) is 0 Å². The van der Waals surface area contributed by atoms with Crippen molar-refractivity contribution in [3.05, 3.63) is 59.7 Å². The van der Waals surface area contributed by atoms with E-state index in [0.29, 0.717) is 17.0 Å². The summed E-state index contributed by atoms with van der Waals surface area (Å²) in [5.41, 5.74) is 6.40. The molecule has 6 nitrogen and oxygen atoms in total. The van der Waals surface area contributed by atoms with Gasteiger partial charge in [-0.3, -0.25) is 14.9 Å². The molecular formula is C16H15N3O3S. The van der Waals surface area contributed by atoms with E-state index in [-0.39, 0.29) is 10.7 Å². The van der Waals surface area contributed by atoms with Crippen molar-refractivity contribution >= 4 is 34.8 Å². The van der Waals surface area contributed by atoms with Crippen LogP contribution >= 0.6 is 12.2 Å². The SMILES string of the molecule is COc1cccc(C(=O)NC(=S)Nc2ccccc2C(N)=O)c1. The molecule has 2 rings (SSSR count). The van der Waals surface area contributed by atoms with Crippen LogP contribution < -0.4 is 21.1 Å². The third-order valence-electron chi connectivity index (χ3n) is 3.00. The van der Waals surface area contributed by atoms with Crippen molar-refractivity contribution in [1.82, 2.24) is 5.32 Å². The number of rotatable bonds is 4. The van der Waals surface area contributed by atoms with Crippen molar-refractivity contribution in [2.75, 3.05) is 12.4 Å². The number of thiocarbonyl (C=S) groups is 1. The third kappa shape index (κ3) is 4.27. The Bertz CT molecular complexity index is 762. The van der Waals surface area contributed by atoms with Crippen LogP contribution in [0.15, 0.2) is 48.5 Å². The summed E-state index contributed by atoms with van der Waals surface area (Å²) >= 11 is 5.09. The molecule has 0 radical (unpaired) electrons. The molecule has 4 N–H and O–H groups in total. The fraction of sp³-hybridized carbons (Fsp3) is 0.0625. The molecule has 0 aliphatic carbocycles. The molecule has 23 heavy (non-hydrogen) atoms. The number of benzene rings is 2. The van der Waals surface area contributed by atoms with Gasteiger partial charge in [-0.1, -0.05) is 18.2 Å². The summed E-state index contributed by atoms with van der Waals surface area (Å²) in [6.07, 6.45) is 0. The lowest BCUT2D eigenvalue weighted by atomic mass is 10.1. The Morgan fingerprint density at radius 2 is 1.87 bits per heavy atom. The summed E-state index contributed by atoms with van der Waals surface area (Å²) in [6, 6.07) is 13.3. The summed E-state index contributed by atoms with van der Waals surface area (Å²) in [5, 5.41) is 5.39. The molecule has 0 bridgehead atoms. The molecule has 0 saturated carbocycles. The Hall–Kier alpha value is -2.93. The Kier molecular flexibility index (Phi) is 5.27. The molecule has 0 aromatic heterocycles. The number of carbonyl (C=O) groups is 2. The summed E-state index contributed by atoms with van der Waals surface area (Å²) in [4.78, 5) is 23.5. The Morgan fingerprint density at radius 1 is 1.13 bits per heavy atom. The summed E-state index contributed by atoms with van der Waals surface area (Å²) in [5.74, 6) is -0.413. The smallest absolute Gasteiger partial charge is 0.257 e. The van der Waals surface area contributed by atoms with Gasteiger partial charge in [-0.2, -0.15) is 0 Å². The van der Waals surface area contributed by atoms with Gasteiger partial charge in [0.25, 0.3) is 11.8 Å². The van der Waals surface area contributed by atoms with Crippen molar-refractivity contribution < 1.29 is 14.3 Å². The van der Waals surface area contributed by atoms with Gasteiger partial charge >= 0.3 is 0 Å². The average Bonchev–Trinajstić information content (AvgIpc) is 2.55. The van der Waals surface area contributed by atoms with Gasteiger partial charge in [0.05, 0.1) is 18.4 Å². The number of carbonyl (C=O) groups excluding carboxylic acids is 2. The number of nitrogens with two attached hydrogens (primary N) is 1. The first-order valence-electron chi connectivity index (χ1n) is 6.66. The molecule has 0 aliphatic rings. The zero-order chi connectivity index (χ0) is 16.8. The van der Waals surface area contributed by atoms with Crippen LogP contribution in [0, 0.1) is 0 Å². The topological polar surface area (TPSA) is 93.4 Å². The minimum atomic E-state index is -0.588. The van der Waals surface area contributed by atoms with Crippen molar-refractivity contribution in [1.29, 1.82) is 0 Å². The molecule has 2 aromatic rings. The van der Waals surface area contributed by atoms with Gasteiger partial charge in [-0.05, 0) is 42.5 Å². The van der Waals surface area contributed by atoms with E-state index in [9.17, 15) is 9.59 Å². The maximum Gasteiger partial charge on any atom is 0.257 e. The van der Waals surface area contributed by atoms with Gasteiger partial charge < -0.3 is 15.8 Å². The lowest BCUT2D eigenvalue weighted by Gasteiger charge is -2.12. The molecule has 2 amide bonds. The van der Waals surface area contributed by atoms with E-state index in [0.717, 1.165) is 0 Å². The number of ether oxygens (including phenoxy) is 1. The maximum atomic E-state index is 12.1. The Morgan fingerprint density at radius 3 is 2.57 bits per heavy atom. The van der Waals surface area contributed by atoms with E-state index < -0.39 is 11.8 Å². The highest BCUT2D eigenvalue weighted by Gasteiger charge is 2.12. The van der Waals surface area contributed by atoms with Crippen LogP contribution in [-0.2, 0) is 0 Å². The van der Waals surface area contributed by atoms with Crippen LogP contribution in [0.4, 0.5) is 5.69 Å². The number of anilines is 1. The lowest BCUT2D eigenvalue weighted by molar-refractivity contribution is 0.0975. The normalized spacial score (nSPS) is 9.78. The zero-order valence-electron chi connectivity index (χ0n) is 12.3. The van der Waals surface area contributed by atoms with Crippen LogP contribution in [-0.4, -0.2) is 24.0 Å². The van der Waals surface area contributed by atoms with Gasteiger partial charge in [0, 0.05) is 5.56 Å². The number of hydrogen-bond acceptors (Lipinski definition) is 4. The molecule has 118 valence electrons. The van der Waals surface area contributed by atoms with Crippen LogP contribution in [0.5, 0.6) is 5.75 Å². The molecule has 0 saturated heterocycles. The number of nitrogens with one attached hydrogen (secondary N) is 2. The maximum absolute atomic E-state index is 12.1. The highest BCUT2D eigenvalue weighted by atomic mass is 32.1. The van der Waals surface area contributed by atoms with Crippen molar-refractivity contribution in [3.63, 3.8) is 0 Å². The minimum absolute atomic E-state index is 0.0616. The monoisotopic (exact) mass is 329 g/mol. The molecule has 0 unspecified atom stereocenters. The van der Waals surface area contributed by atoms with Gasteiger partial charge in [0.2, 0.25) is 0 Å². The van der Waals surface area contributed by atoms with Crippen LogP contribution in [0.25, 0.3) is 0 Å². The second-order valence-corrected chi connectivity index (χ2v) is 4.96. The molecule has 0 aliphatic heterocycles. The Balaban J connectivity index is 2.07. The van der Waals surface area contributed by atoms with Crippen molar-refractivity contribution in [3.8, 4) is 5.75 Å². The predicted molar refractivity (Wildman–Crippen MR) is 91.6 cm³/mol. The molecule has 0 atom stereocenters. The van der Waals surface area contributed by atoms with Gasteiger partial charge in [0.15, 0.2) is 5.11 Å². The molecule has 0 heterocycles. The fourth-order valence-electron chi connectivity index (χ4n) is 1.90. The summed E-state index contributed by atoms with van der Waals surface area (Å²) in [6.45, 7) is 0. The van der Waals surface area contributed by atoms with E-state index in [1.54, 1.807) is 48.5 Å². The van der Waals surface area contributed by atoms with E-state index in [2.05, 4.69) is 10.6 Å². The van der Waals surface area contributed by atoms with Crippen LogP contribution in [0.2, 0.25) is 0 Å². The largest absolute Gasteiger partial charge is 0.497 e. The zero-order valence-corrected chi connectivity index (χ0v) is 13.1. The van der Waals surface area contributed by atoms with Crippen LogP contribution in [0.1, 0.15) is 20.7 Å². The predicted octanol–water partition coefficient (Wildman–Crippen LogP) is 1.92. The van der Waals surface area contributed by atoms with Gasteiger partial charge in [0.1, 0.15) is 5.75 Å². The summed E-state index contributed by atoms with van der Waals surface area (Å²) < 4.78 is 5.07. The van der Waals surface area contributed by atoms with Crippen molar-refractivity contribution in [2.24, 2.45) is 5.73 Å². The molecule has 0 fully saturated rings. The molecular weight excluding hydrogens is 314 g/mol. The first-order chi connectivity index (χ1) is 11.0. The van der Waals surface area contributed by atoms with E-state index in [1.165, 1.54) is 7.11 Å². The standard InChI is InChI=1S/C16H15N3O3S/c1-22-11-6-4-5-10(9-11)15(21)19-16(23)18-13-8-3-2-7-12(13)14(17)20/h2-9H,1H3,(H2,17,20)(H2,18,19,21,23).